The number of hydrogen-bond donors (Lipinski definition) is 2. The van der Waals surface area contributed by atoms with Crippen LogP contribution in [-0.2, 0) is 10.2 Å². The number of phenols is 1. The first-order valence-electron chi connectivity index (χ1n) is 6.25. The Morgan fingerprint density at radius 1 is 1.33 bits per heavy atom. The summed E-state index contributed by atoms with van der Waals surface area (Å²) in [6, 6.07) is 3.59. The zero-order chi connectivity index (χ0) is 14.1. The lowest BCUT2D eigenvalue weighted by molar-refractivity contribution is -0.138. The van der Waals surface area contributed by atoms with E-state index in [1.807, 2.05) is 40.7 Å². The minimum atomic E-state index is -0.817. The Hall–Kier alpha value is -1.51. The highest BCUT2D eigenvalue weighted by atomic mass is 16.4. The van der Waals surface area contributed by atoms with Crippen LogP contribution < -0.4 is 0 Å². The summed E-state index contributed by atoms with van der Waals surface area (Å²) in [7, 11) is 0. The van der Waals surface area contributed by atoms with Crippen LogP contribution in [0.3, 0.4) is 0 Å². The Kier molecular flexibility index (Phi) is 4.05. The van der Waals surface area contributed by atoms with E-state index in [4.69, 9.17) is 0 Å². The minimum Gasteiger partial charge on any atom is -0.507 e. The second-order valence-corrected chi connectivity index (χ2v) is 5.78. The molecule has 0 aliphatic carbocycles. The zero-order valence-electron chi connectivity index (χ0n) is 11.7. The van der Waals surface area contributed by atoms with Crippen molar-refractivity contribution in [2.45, 2.75) is 52.4 Å². The van der Waals surface area contributed by atoms with E-state index in [1.54, 1.807) is 6.07 Å². The number of aliphatic carboxylic acids is 1. The number of carbonyl (C=O) groups is 1. The van der Waals surface area contributed by atoms with Crippen molar-refractivity contribution in [1.82, 2.24) is 0 Å². The van der Waals surface area contributed by atoms with E-state index in [-0.39, 0.29) is 11.2 Å². The number of aromatic hydroxyl groups is 1. The molecule has 0 aromatic heterocycles. The normalized spacial score (nSPS) is 13.4. The second-order valence-electron chi connectivity index (χ2n) is 5.78. The number of phenolic OH excluding ortho intramolecular Hbond substituents is 1. The molecule has 1 unspecified atom stereocenters. The molecule has 18 heavy (non-hydrogen) atoms. The van der Waals surface area contributed by atoms with Crippen LogP contribution in [0.2, 0.25) is 0 Å². The van der Waals surface area contributed by atoms with E-state index in [0.29, 0.717) is 6.42 Å². The van der Waals surface area contributed by atoms with E-state index in [1.165, 1.54) is 0 Å². The fraction of sp³-hybridized carbons (Fsp3) is 0.533. The van der Waals surface area contributed by atoms with Gasteiger partial charge in [0.1, 0.15) is 5.75 Å². The lowest BCUT2D eigenvalue weighted by Gasteiger charge is -2.24. The van der Waals surface area contributed by atoms with Crippen LogP contribution in [0, 0.1) is 6.92 Å². The van der Waals surface area contributed by atoms with Gasteiger partial charge in [-0.15, -0.1) is 0 Å². The number of aryl methyl sites for hydroxylation is 1. The lowest BCUT2D eigenvalue weighted by atomic mass is 9.82. The van der Waals surface area contributed by atoms with Crippen LogP contribution in [0.25, 0.3) is 0 Å². The summed E-state index contributed by atoms with van der Waals surface area (Å²) in [5, 5.41) is 19.3. The van der Waals surface area contributed by atoms with Crippen LogP contribution in [-0.4, -0.2) is 16.2 Å². The SMILES string of the molecule is CCC(C(=O)O)c1cc(C)c(O)c(C(C)(C)C)c1. The van der Waals surface area contributed by atoms with Crippen LogP contribution >= 0.6 is 0 Å². The van der Waals surface area contributed by atoms with Crippen molar-refractivity contribution in [3.8, 4) is 5.75 Å². The number of hydrogen-bond acceptors (Lipinski definition) is 2. The van der Waals surface area contributed by atoms with Gasteiger partial charge in [-0.05, 0) is 35.4 Å². The molecule has 1 aromatic carbocycles. The molecule has 0 aliphatic heterocycles. The highest BCUT2D eigenvalue weighted by Gasteiger charge is 2.24. The van der Waals surface area contributed by atoms with Gasteiger partial charge in [-0.3, -0.25) is 4.79 Å². The fourth-order valence-electron chi connectivity index (χ4n) is 2.13. The summed E-state index contributed by atoms with van der Waals surface area (Å²) in [5.74, 6) is -1.06. The fourth-order valence-corrected chi connectivity index (χ4v) is 2.13. The first kappa shape index (κ1) is 14.6. The Balaban J connectivity index is 3.41. The third-order valence-electron chi connectivity index (χ3n) is 3.24. The van der Waals surface area contributed by atoms with Crippen molar-refractivity contribution < 1.29 is 15.0 Å². The summed E-state index contributed by atoms with van der Waals surface area (Å²) in [4.78, 5) is 11.2. The smallest absolute Gasteiger partial charge is 0.310 e. The van der Waals surface area contributed by atoms with Gasteiger partial charge in [-0.2, -0.15) is 0 Å². The Bertz CT molecular complexity index is 456. The number of carboxylic acid groups (broad SMARTS) is 1. The molecule has 0 fully saturated rings. The monoisotopic (exact) mass is 250 g/mol. The van der Waals surface area contributed by atoms with Gasteiger partial charge in [0.15, 0.2) is 0 Å². The van der Waals surface area contributed by atoms with Crippen LogP contribution in [0.15, 0.2) is 12.1 Å². The highest BCUT2D eigenvalue weighted by molar-refractivity contribution is 5.76. The van der Waals surface area contributed by atoms with E-state index in [2.05, 4.69) is 0 Å². The molecule has 0 radical (unpaired) electrons. The third-order valence-corrected chi connectivity index (χ3v) is 3.24. The summed E-state index contributed by atoms with van der Waals surface area (Å²) >= 11 is 0. The molecule has 1 rings (SSSR count). The minimum absolute atomic E-state index is 0.207. The lowest BCUT2D eigenvalue weighted by Crippen LogP contribution is -2.15. The van der Waals surface area contributed by atoms with E-state index in [0.717, 1.165) is 16.7 Å². The predicted molar refractivity (Wildman–Crippen MR) is 72.2 cm³/mol. The topological polar surface area (TPSA) is 57.5 Å². The number of benzene rings is 1. The molecule has 2 N–H and O–H groups in total. The molecule has 0 aliphatic rings. The first-order valence-corrected chi connectivity index (χ1v) is 6.25. The summed E-state index contributed by atoms with van der Waals surface area (Å²) in [6.45, 7) is 9.69. The largest absolute Gasteiger partial charge is 0.507 e. The average Bonchev–Trinajstić information content (AvgIpc) is 2.21. The van der Waals surface area contributed by atoms with E-state index in [9.17, 15) is 15.0 Å². The molecule has 1 atom stereocenters. The molecule has 100 valence electrons. The van der Waals surface area contributed by atoms with Gasteiger partial charge in [0, 0.05) is 0 Å². The molecule has 0 saturated heterocycles. The maximum Gasteiger partial charge on any atom is 0.310 e. The Morgan fingerprint density at radius 3 is 2.28 bits per heavy atom. The van der Waals surface area contributed by atoms with Gasteiger partial charge >= 0.3 is 5.97 Å². The van der Waals surface area contributed by atoms with Crippen molar-refractivity contribution in [1.29, 1.82) is 0 Å². The summed E-state index contributed by atoms with van der Waals surface area (Å²) in [6.07, 6.45) is 0.545. The third kappa shape index (κ3) is 2.84. The number of carboxylic acids is 1. The summed E-state index contributed by atoms with van der Waals surface area (Å²) < 4.78 is 0. The number of rotatable bonds is 3. The highest BCUT2D eigenvalue weighted by Crippen LogP contribution is 2.36. The second kappa shape index (κ2) is 5.01. The van der Waals surface area contributed by atoms with Crippen molar-refractivity contribution in [2.24, 2.45) is 0 Å². The predicted octanol–water partition coefficient (Wildman–Crippen LogP) is 3.58. The molecule has 1 aromatic rings. The van der Waals surface area contributed by atoms with Crippen LogP contribution in [0.1, 0.15) is 56.7 Å². The van der Waals surface area contributed by atoms with Crippen molar-refractivity contribution in [2.75, 3.05) is 0 Å². The summed E-state index contributed by atoms with van der Waals surface area (Å²) in [5.41, 5.74) is 2.10. The van der Waals surface area contributed by atoms with Crippen LogP contribution in [0.4, 0.5) is 0 Å². The molecule has 0 amide bonds. The Labute approximate surface area is 108 Å². The van der Waals surface area contributed by atoms with Gasteiger partial charge in [0.05, 0.1) is 5.92 Å². The molecule has 0 saturated carbocycles. The maximum absolute atomic E-state index is 11.2. The average molecular weight is 250 g/mol. The van der Waals surface area contributed by atoms with Gasteiger partial charge in [-0.1, -0.05) is 39.8 Å². The zero-order valence-corrected chi connectivity index (χ0v) is 11.7. The van der Waals surface area contributed by atoms with Gasteiger partial charge < -0.3 is 10.2 Å². The van der Waals surface area contributed by atoms with Crippen molar-refractivity contribution in [3.05, 3.63) is 28.8 Å². The molecule has 3 heteroatoms. The van der Waals surface area contributed by atoms with E-state index < -0.39 is 11.9 Å². The van der Waals surface area contributed by atoms with Crippen LogP contribution in [0.5, 0.6) is 5.75 Å². The maximum atomic E-state index is 11.2. The molecule has 0 spiro atoms. The van der Waals surface area contributed by atoms with Gasteiger partial charge in [-0.25, -0.2) is 0 Å². The molecule has 0 heterocycles. The molecular weight excluding hydrogens is 228 g/mol. The van der Waals surface area contributed by atoms with Crippen molar-refractivity contribution >= 4 is 5.97 Å². The first-order chi connectivity index (χ1) is 8.18. The van der Waals surface area contributed by atoms with Crippen molar-refractivity contribution in [3.63, 3.8) is 0 Å². The standard InChI is InChI=1S/C15H22O3/c1-6-11(14(17)18)10-7-9(2)13(16)12(8-10)15(3,4)5/h7-8,11,16H,6H2,1-5H3,(H,17,18). The quantitative estimate of drug-likeness (QED) is 0.862. The van der Waals surface area contributed by atoms with Gasteiger partial charge in [0.25, 0.3) is 0 Å². The van der Waals surface area contributed by atoms with E-state index >= 15 is 0 Å². The molecular formula is C15H22O3. The molecule has 3 nitrogen and oxygen atoms in total. The molecule has 0 bridgehead atoms. The Morgan fingerprint density at radius 2 is 1.89 bits per heavy atom. The van der Waals surface area contributed by atoms with Gasteiger partial charge in [0.2, 0.25) is 0 Å².